The molecular formula is C9H20N2. The minimum atomic E-state index is 0.672. The minimum absolute atomic E-state index is 0.672. The van der Waals surface area contributed by atoms with Crippen LogP contribution in [0.1, 0.15) is 33.1 Å². The SMILES string of the molecule is CCNC(C)CCNC1CC1. The summed E-state index contributed by atoms with van der Waals surface area (Å²) in [5, 5.41) is 6.91. The van der Waals surface area contributed by atoms with Gasteiger partial charge in [-0.05, 0) is 39.3 Å². The first-order chi connectivity index (χ1) is 5.33. The number of rotatable bonds is 6. The Balaban J connectivity index is 1.84. The van der Waals surface area contributed by atoms with Crippen LogP contribution in [-0.2, 0) is 0 Å². The molecule has 2 heteroatoms. The summed E-state index contributed by atoms with van der Waals surface area (Å²) in [5.74, 6) is 0. The average Bonchev–Trinajstić information content (AvgIpc) is 2.72. The van der Waals surface area contributed by atoms with Gasteiger partial charge in [0.1, 0.15) is 0 Å². The van der Waals surface area contributed by atoms with E-state index in [0.717, 1.165) is 12.6 Å². The predicted molar refractivity (Wildman–Crippen MR) is 48.8 cm³/mol. The fraction of sp³-hybridized carbons (Fsp3) is 1.00. The van der Waals surface area contributed by atoms with Crippen molar-refractivity contribution in [1.82, 2.24) is 10.6 Å². The van der Waals surface area contributed by atoms with Crippen LogP contribution in [0, 0.1) is 0 Å². The zero-order chi connectivity index (χ0) is 8.10. The maximum atomic E-state index is 3.51. The molecule has 1 aliphatic carbocycles. The van der Waals surface area contributed by atoms with Crippen molar-refractivity contribution in [2.24, 2.45) is 0 Å². The topological polar surface area (TPSA) is 24.1 Å². The van der Waals surface area contributed by atoms with E-state index in [1.807, 2.05) is 0 Å². The maximum absolute atomic E-state index is 3.51. The van der Waals surface area contributed by atoms with Gasteiger partial charge in [-0.3, -0.25) is 0 Å². The molecule has 0 aromatic rings. The van der Waals surface area contributed by atoms with Crippen LogP contribution < -0.4 is 10.6 Å². The van der Waals surface area contributed by atoms with E-state index in [2.05, 4.69) is 24.5 Å². The van der Waals surface area contributed by atoms with Gasteiger partial charge in [0.05, 0.1) is 0 Å². The molecule has 1 unspecified atom stereocenters. The van der Waals surface area contributed by atoms with E-state index in [1.54, 1.807) is 0 Å². The van der Waals surface area contributed by atoms with Crippen molar-refractivity contribution in [3.05, 3.63) is 0 Å². The summed E-state index contributed by atoms with van der Waals surface area (Å²) in [6.45, 7) is 6.67. The third-order valence-electron chi connectivity index (χ3n) is 2.14. The van der Waals surface area contributed by atoms with E-state index >= 15 is 0 Å². The standard InChI is InChI=1S/C9H20N2/c1-3-10-8(2)6-7-11-9-4-5-9/h8-11H,3-7H2,1-2H3. The number of hydrogen-bond donors (Lipinski definition) is 2. The van der Waals surface area contributed by atoms with Crippen LogP contribution >= 0.6 is 0 Å². The predicted octanol–water partition coefficient (Wildman–Crippen LogP) is 1.13. The van der Waals surface area contributed by atoms with Crippen molar-refractivity contribution in [2.75, 3.05) is 13.1 Å². The van der Waals surface area contributed by atoms with E-state index in [4.69, 9.17) is 0 Å². The number of hydrogen-bond acceptors (Lipinski definition) is 2. The Morgan fingerprint density at radius 1 is 1.45 bits per heavy atom. The monoisotopic (exact) mass is 156 g/mol. The van der Waals surface area contributed by atoms with E-state index in [-0.39, 0.29) is 0 Å². The lowest BCUT2D eigenvalue weighted by atomic mass is 10.2. The van der Waals surface area contributed by atoms with Crippen LogP contribution in [0.15, 0.2) is 0 Å². The molecular weight excluding hydrogens is 136 g/mol. The van der Waals surface area contributed by atoms with Gasteiger partial charge in [0, 0.05) is 12.1 Å². The van der Waals surface area contributed by atoms with Crippen LogP contribution in [0.25, 0.3) is 0 Å². The Hall–Kier alpha value is -0.0800. The van der Waals surface area contributed by atoms with Crippen molar-refractivity contribution in [2.45, 2.75) is 45.2 Å². The summed E-state index contributed by atoms with van der Waals surface area (Å²) in [5.41, 5.74) is 0. The van der Waals surface area contributed by atoms with Gasteiger partial charge < -0.3 is 10.6 Å². The Morgan fingerprint density at radius 2 is 2.18 bits per heavy atom. The highest BCUT2D eigenvalue weighted by atomic mass is 15.0. The zero-order valence-electron chi connectivity index (χ0n) is 7.69. The van der Waals surface area contributed by atoms with Crippen molar-refractivity contribution in [3.8, 4) is 0 Å². The molecule has 0 aromatic carbocycles. The molecule has 1 rings (SSSR count). The highest BCUT2D eigenvalue weighted by Crippen LogP contribution is 2.18. The normalized spacial score (nSPS) is 20.2. The van der Waals surface area contributed by atoms with Crippen LogP contribution in [0.2, 0.25) is 0 Å². The molecule has 11 heavy (non-hydrogen) atoms. The van der Waals surface area contributed by atoms with E-state index < -0.39 is 0 Å². The molecule has 2 N–H and O–H groups in total. The average molecular weight is 156 g/mol. The van der Waals surface area contributed by atoms with E-state index in [1.165, 1.54) is 25.8 Å². The summed E-state index contributed by atoms with van der Waals surface area (Å²) in [6, 6.07) is 1.54. The molecule has 1 atom stereocenters. The van der Waals surface area contributed by atoms with Crippen LogP contribution in [0.4, 0.5) is 0 Å². The fourth-order valence-electron chi connectivity index (χ4n) is 1.24. The van der Waals surface area contributed by atoms with Gasteiger partial charge >= 0.3 is 0 Å². The molecule has 0 radical (unpaired) electrons. The van der Waals surface area contributed by atoms with Gasteiger partial charge in [0.15, 0.2) is 0 Å². The summed E-state index contributed by atoms with van der Waals surface area (Å²) in [4.78, 5) is 0. The highest BCUT2D eigenvalue weighted by Gasteiger charge is 2.19. The smallest absolute Gasteiger partial charge is 0.00682 e. The molecule has 1 aliphatic rings. The molecule has 0 amide bonds. The largest absolute Gasteiger partial charge is 0.314 e. The highest BCUT2D eigenvalue weighted by molar-refractivity contribution is 4.81. The molecule has 66 valence electrons. The molecule has 0 aromatic heterocycles. The molecule has 0 saturated heterocycles. The second-order valence-electron chi connectivity index (χ2n) is 3.48. The van der Waals surface area contributed by atoms with Crippen molar-refractivity contribution in [1.29, 1.82) is 0 Å². The van der Waals surface area contributed by atoms with Crippen molar-refractivity contribution in [3.63, 3.8) is 0 Å². The first-order valence-corrected chi connectivity index (χ1v) is 4.79. The molecule has 0 aliphatic heterocycles. The molecule has 0 spiro atoms. The Morgan fingerprint density at radius 3 is 2.73 bits per heavy atom. The summed E-state index contributed by atoms with van der Waals surface area (Å²) in [7, 11) is 0. The van der Waals surface area contributed by atoms with Crippen molar-refractivity contribution < 1.29 is 0 Å². The third-order valence-corrected chi connectivity index (χ3v) is 2.14. The molecule has 1 fully saturated rings. The molecule has 0 bridgehead atoms. The zero-order valence-corrected chi connectivity index (χ0v) is 7.69. The minimum Gasteiger partial charge on any atom is -0.314 e. The second kappa shape index (κ2) is 4.73. The molecule has 1 saturated carbocycles. The van der Waals surface area contributed by atoms with Crippen LogP contribution in [0.3, 0.4) is 0 Å². The first kappa shape index (κ1) is 9.01. The maximum Gasteiger partial charge on any atom is 0.00682 e. The lowest BCUT2D eigenvalue weighted by molar-refractivity contribution is 0.503. The summed E-state index contributed by atoms with van der Waals surface area (Å²) >= 11 is 0. The second-order valence-corrected chi connectivity index (χ2v) is 3.48. The van der Waals surface area contributed by atoms with Gasteiger partial charge in [0.25, 0.3) is 0 Å². The van der Waals surface area contributed by atoms with Crippen LogP contribution in [-0.4, -0.2) is 25.2 Å². The van der Waals surface area contributed by atoms with Crippen molar-refractivity contribution >= 4 is 0 Å². The van der Waals surface area contributed by atoms with Gasteiger partial charge in [-0.25, -0.2) is 0 Å². The lowest BCUT2D eigenvalue weighted by Crippen LogP contribution is -2.30. The Labute approximate surface area is 69.8 Å². The first-order valence-electron chi connectivity index (χ1n) is 4.79. The quantitative estimate of drug-likeness (QED) is 0.602. The third kappa shape index (κ3) is 4.38. The molecule has 2 nitrogen and oxygen atoms in total. The van der Waals surface area contributed by atoms with Crippen LogP contribution in [0.5, 0.6) is 0 Å². The fourth-order valence-corrected chi connectivity index (χ4v) is 1.24. The Bertz CT molecular complexity index is 99.7. The van der Waals surface area contributed by atoms with Gasteiger partial charge in [-0.15, -0.1) is 0 Å². The van der Waals surface area contributed by atoms with Gasteiger partial charge in [-0.1, -0.05) is 6.92 Å². The van der Waals surface area contributed by atoms with E-state index in [9.17, 15) is 0 Å². The van der Waals surface area contributed by atoms with Gasteiger partial charge in [-0.2, -0.15) is 0 Å². The Kier molecular flexibility index (Phi) is 3.87. The molecule has 0 heterocycles. The van der Waals surface area contributed by atoms with Gasteiger partial charge in [0.2, 0.25) is 0 Å². The number of nitrogens with one attached hydrogen (secondary N) is 2. The lowest BCUT2D eigenvalue weighted by Gasteiger charge is -2.11. The summed E-state index contributed by atoms with van der Waals surface area (Å²) < 4.78 is 0. The summed E-state index contributed by atoms with van der Waals surface area (Å²) in [6.07, 6.45) is 4.05. The van der Waals surface area contributed by atoms with E-state index in [0.29, 0.717) is 6.04 Å².